The molecule has 0 saturated heterocycles. The SMILES string of the molecule is Oc1ccccc1-c1nc2ccccc2o1.[Sc]. The second-order valence-corrected chi connectivity index (χ2v) is 3.50. The van der Waals surface area contributed by atoms with Gasteiger partial charge in [0.15, 0.2) is 5.58 Å². The minimum Gasteiger partial charge on any atom is -0.507 e. The minimum atomic E-state index is 0. The van der Waals surface area contributed by atoms with Crippen molar-refractivity contribution in [2.24, 2.45) is 0 Å². The number of fused-ring (bicyclic) bond motifs is 1. The smallest absolute Gasteiger partial charge is 0.231 e. The summed E-state index contributed by atoms with van der Waals surface area (Å²) in [5.74, 6) is 0.619. The van der Waals surface area contributed by atoms with Crippen LogP contribution in [-0.2, 0) is 25.8 Å². The Kier molecular flexibility index (Phi) is 3.43. The van der Waals surface area contributed by atoms with Crippen molar-refractivity contribution in [2.45, 2.75) is 0 Å². The number of phenolic OH excluding ortho intramolecular Hbond substituents is 1. The molecule has 3 rings (SSSR count). The predicted octanol–water partition coefficient (Wildman–Crippen LogP) is 3.20. The fraction of sp³-hybridized carbons (Fsp3) is 0. The zero-order valence-electron chi connectivity index (χ0n) is 9.00. The van der Waals surface area contributed by atoms with Gasteiger partial charge in [-0.15, -0.1) is 0 Å². The van der Waals surface area contributed by atoms with Crippen molar-refractivity contribution in [2.75, 3.05) is 0 Å². The molecule has 0 atom stereocenters. The number of aromatic nitrogens is 1. The number of aromatic hydroxyl groups is 1. The van der Waals surface area contributed by atoms with Crippen molar-refractivity contribution in [3.63, 3.8) is 0 Å². The molecule has 1 N–H and O–H groups in total. The van der Waals surface area contributed by atoms with Crippen LogP contribution in [0.3, 0.4) is 0 Å². The first-order valence-corrected chi connectivity index (χ1v) is 4.98. The molecule has 0 aliphatic heterocycles. The van der Waals surface area contributed by atoms with Gasteiger partial charge in [0.1, 0.15) is 11.3 Å². The summed E-state index contributed by atoms with van der Waals surface area (Å²) < 4.78 is 5.56. The third-order valence-electron chi connectivity index (χ3n) is 2.43. The molecule has 17 heavy (non-hydrogen) atoms. The Morgan fingerprint density at radius 1 is 0.941 bits per heavy atom. The first-order valence-electron chi connectivity index (χ1n) is 4.98. The Balaban J connectivity index is 0.00000108. The maximum Gasteiger partial charge on any atom is 0.231 e. The van der Waals surface area contributed by atoms with Gasteiger partial charge in [0.25, 0.3) is 0 Å². The van der Waals surface area contributed by atoms with E-state index in [1.165, 1.54) is 0 Å². The van der Waals surface area contributed by atoms with E-state index < -0.39 is 0 Å². The Morgan fingerprint density at radius 2 is 1.65 bits per heavy atom. The molecule has 81 valence electrons. The summed E-state index contributed by atoms with van der Waals surface area (Å²) in [6.07, 6.45) is 0. The van der Waals surface area contributed by atoms with E-state index in [4.69, 9.17) is 4.42 Å². The average molecular weight is 256 g/mol. The zero-order chi connectivity index (χ0) is 11.0. The van der Waals surface area contributed by atoms with Crippen molar-refractivity contribution in [1.29, 1.82) is 0 Å². The summed E-state index contributed by atoms with van der Waals surface area (Å²) >= 11 is 0. The van der Waals surface area contributed by atoms with E-state index >= 15 is 0 Å². The molecule has 0 spiro atoms. The van der Waals surface area contributed by atoms with Gasteiger partial charge in [-0.2, -0.15) is 0 Å². The van der Waals surface area contributed by atoms with Gasteiger partial charge in [-0.25, -0.2) is 4.98 Å². The number of oxazole rings is 1. The molecular formula is C13H9NO2Sc. The molecular weight excluding hydrogens is 247 g/mol. The van der Waals surface area contributed by atoms with Crippen molar-refractivity contribution >= 4 is 11.1 Å². The molecule has 0 amide bonds. The fourth-order valence-electron chi connectivity index (χ4n) is 1.64. The summed E-state index contributed by atoms with van der Waals surface area (Å²) in [5.41, 5.74) is 2.13. The fourth-order valence-corrected chi connectivity index (χ4v) is 1.64. The molecule has 0 saturated carbocycles. The van der Waals surface area contributed by atoms with Gasteiger partial charge < -0.3 is 9.52 Å². The van der Waals surface area contributed by atoms with Crippen molar-refractivity contribution < 1.29 is 35.4 Å². The molecule has 2 aromatic carbocycles. The van der Waals surface area contributed by atoms with E-state index in [9.17, 15) is 5.11 Å². The van der Waals surface area contributed by atoms with Crippen LogP contribution < -0.4 is 0 Å². The van der Waals surface area contributed by atoms with Crippen LogP contribution in [0.4, 0.5) is 0 Å². The first kappa shape index (κ1) is 12.0. The summed E-state index contributed by atoms with van der Waals surface area (Å²) in [5, 5.41) is 9.69. The maximum absolute atomic E-state index is 9.69. The third kappa shape index (κ3) is 2.17. The quantitative estimate of drug-likeness (QED) is 0.727. The van der Waals surface area contributed by atoms with E-state index in [1.54, 1.807) is 18.2 Å². The number of hydrogen-bond donors (Lipinski definition) is 1. The van der Waals surface area contributed by atoms with Crippen LogP contribution in [0.15, 0.2) is 52.9 Å². The maximum atomic E-state index is 9.69. The van der Waals surface area contributed by atoms with Crippen LogP contribution in [-0.4, -0.2) is 10.1 Å². The minimum absolute atomic E-state index is 0. The first-order chi connectivity index (χ1) is 7.84. The van der Waals surface area contributed by atoms with Crippen molar-refractivity contribution in [3.8, 4) is 17.2 Å². The predicted molar refractivity (Wildman–Crippen MR) is 61.1 cm³/mol. The van der Waals surface area contributed by atoms with Crippen molar-refractivity contribution in [1.82, 2.24) is 4.98 Å². The molecule has 1 heterocycles. The second-order valence-electron chi connectivity index (χ2n) is 3.50. The van der Waals surface area contributed by atoms with E-state index in [1.807, 2.05) is 30.3 Å². The molecule has 1 radical (unpaired) electrons. The Hall–Kier alpha value is -1.42. The largest absolute Gasteiger partial charge is 0.507 e. The molecule has 0 aliphatic carbocycles. The van der Waals surface area contributed by atoms with Gasteiger partial charge in [0, 0.05) is 25.8 Å². The summed E-state index contributed by atoms with van der Waals surface area (Å²) in [7, 11) is 0. The molecule has 0 fully saturated rings. The average Bonchev–Trinajstić information content (AvgIpc) is 2.73. The van der Waals surface area contributed by atoms with Gasteiger partial charge in [0.05, 0.1) is 5.56 Å². The third-order valence-corrected chi connectivity index (χ3v) is 2.43. The normalized spacial score (nSPS) is 10.1. The summed E-state index contributed by atoms with van der Waals surface area (Å²) in [6.45, 7) is 0. The number of phenols is 1. The number of nitrogens with zero attached hydrogens (tertiary/aromatic N) is 1. The molecule has 3 aromatic rings. The van der Waals surface area contributed by atoms with Gasteiger partial charge in [-0.1, -0.05) is 24.3 Å². The van der Waals surface area contributed by atoms with Crippen LogP contribution in [0.2, 0.25) is 0 Å². The standard InChI is InChI=1S/C13H9NO2.Sc/c15-11-7-3-1-5-9(11)13-14-10-6-2-4-8-12(10)16-13;/h1-8,15H;. The van der Waals surface area contributed by atoms with Crippen LogP contribution in [0, 0.1) is 0 Å². The van der Waals surface area contributed by atoms with E-state index in [0.717, 1.165) is 11.1 Å². The van der Waals surface area contributed by atoms with Crippen molar-refractivity contribution in [3.05, 3.63) is 48.5 Å². The van der Waals surface area contributed by atoms with Gasteiger partial charge in [0.2, 0.25) is 5.89 Å². The Bertz CT molecular complexity index is 615. The van der Waals surface area contributed by atoms with E-state index in [2.05, 4.69) is 4.98 Å². The molecule has 4 heteroatoms. The number of para-hydroxylation sites is 3. The molecule has 1 aromatic heterocycles. The number of benzene rings is 2. The van der Waals surface area contributed by atoms with Gasteiger partial charge >= 0.3 is 0 Å². The van der Waals surface area contributed by atoms with Crippen LogP contribution >= 0.6 is 0 Å². The molecule has 0 bridgehead atoms. The van der Waals surface area contributed by atoms with E-state index in [-0.39, 0.29) is 31.6 Å². The summed E-state index contributed by atoms with van der Waals surface area (Å²) in [4.78, 5) is 4.32. The zero-order valence-corrected chi connectivity index (χ0v) is 10.8. The Morgan fingerprint density at radius 3 is 2.41 bits per heavy atom. The van der Waals surface area contributed by atoms with Gasteiger partial charge in [-0.05, 0) is 24.3 Å². The number of hydrogen-bond acceptors (Lipinski definition) is 3. The van der Waals surface area contributed by atoms with E-state index in [0.29, 0.717) is 11.5 Å². The molecule has 0 unspecified atom stereocenters. The second kappa shape index (κ2) is 4.84. The van der Waals surface area contributed by atoms with Crippen LogP contribution in [0.5, 0.6) is 5.75 Å². The molecule has 3 nitrogen and oxygen atoms in total. The number of rotatable bonds is 1. The molecule has 0 aliphatic rings. The Labute approximate surface area is 117 Å². The topological polar surface area (TPSA) is 46.3 Å². The van der Waals surface area contributed by atoms with Crippen LogP contribution in [0.25, 0.3) is 22.6 Å². The summed E-state index contributed by atoms with van der Waals surface area (Å²) in [6, 6.07) is 14.5. The van der Waals surface area contributed by atoms with Crippen LogP contribution in [0.1, 0.15) is 0 Å². The van der Waals surface area contributed by atoms with Gasteiger partial charge in [-0.3, -0.25) is 0 Å². The monoisotopic (exact) mass is 256 g/mol.